The zero-order chi connectivity index (χ0) is 13.9. The number of hydrogen-bond acceptors (Lipinski definition) is 4. The minimum Gasteiger partial charge on any atom is -0.394 e. The SMILES string of the molecule is OCC(Nc1nc2ccc(F)cn2n1)c1ccccc1. The molecule has 0 aliphatic carbocycles. The van der Waals surface area contributed by atoms with Gasteiger partial charge in [0.2, 0.25) is 5.95 Å². The summed E-state index contributed by atoms with van der Waals surface area (Å²) in [6.07, 6.45) is 1.25. The predicted octanol–water partition coefficient (Wildman–Crippen LogP) is 2.01. The van der Waals surface area contributed by atoms with Crippen LogP contribution in [-0.4, -0.2) is 26.3 Å². The lowest BCUT2D eigenvalue weighted by Crippen LogP contribution is -2.15. The smallest absolute Gasteiger partial charge is 0.243 e. The van der Waals surface area contributed by atoms with Gasteiger partial charge in [0, 0.05) is 0 Å². The van der Waals surface area contributed by atoms with Crippen molar-refractivity contribution in [3.05, 3.63) is 60.0 Å². The van der Waals surface area contributed by atoms with Crippen LogP contribution < -0.4 is 5.32 Å². The summed E-state index contributed by atoms with van der Waals surface area (Å²) in [6, 6.07) is 12.1. The van der Waals surface area contributed by atoms with Crippen molar-refractivity contribution >= 4 is 11.6 Å². The molecule has 2 heterocycles. The number of nitrogens with zero attached hydrogens (tertiary/aromatic N) is 3. The van der Waals surface area contributed by atoms with E-state index in [1.165, 1.54) is 16.8 Å². The molecule has 6 heteroatoms. The van der Waals surface area contributed by atoms with Crippen LogP contribution in [0.15, 0.2) is 48.7 Å². The van der Waals surface area contributed by atoms with Crippen molar-refractivity contribution in [2.75, 3.05) is 11.9 Å². The van der Waals surface area contributed by atoms with Gasteiger partial charge in [-0.25, -0.2) is 8.91 Å². The Morgan fingerprint density at radius 3 is 2.75 bits per heavy atom. The molecule has 2 N–H and O–H groups in total. The van der Waals surface area contributed by atoms with Gasteiger partial charge in [0.25, 0.3) is 0 Å². The average Bonchev–Trinajstić information content (AvgIpc) is 2.87. The van der Waals surface area contributed by atoms with Crippen LogP contribution in [0.3, 0.4) is 0 Å². The summed E-state index contributed by atoms with van der Waals surface area (Å²) in [7, 11) is 0. The predicted molar refractivity (Wildman–Crippen MR) is 72.8 cm³/mol. The van der Waals surface area contributed by atoms with Crippen LogP contribution in [0.1, 0.15) is 11.6 Å². The number of aliphatic hydroxyl groups is 1. The van der Waals surface area contributed by atoms with Crippen LogP contribution >= 0.6 is 0 Å². The van der Waals surface area contributed by atoms with E-state index in [2.05, 4.69) is 15.4 Å². The third-order valence-electron chi connectivity index (χ3n) is 2.98. The van der Waals surface area contributed by atoms with Gasteiger partial charge in [-0.05, 0) is 17.7 Å². The van der Waals surface area contributed by atoms with Gasteiger partial charge in [0.15, 0.2) is 5.65 Å². The second kappa shape index (κ2) is 5.26. The monoisotopic (exact) mass is 272 g/mol. The van der Waals surface area contributed by atoms with Crippen LogP contribution in [-0.2, 0) is 0 Å². The van der Waals surface area contributed by atoms with Crippen molar-refractivity contribution in [3.8, 4) is 0 Å². The van der Waals surface area contributed by atoms with Gasteiger partial charge < -0.3 is 10.4 Å². The maximum atomic E-state index is 13.1. The fourth-order valence-electron chi connectivity index (χ4n) is 1.99. The Hall–Kier alpha value is -2.47. The molecule has 102 valence electrons. The minimum absolute atomic E-state index is 0.0894. The highest BCUT2D eigenvalue weighted by Gasteiger charge is 2.12. The van der Waals surface area contributed by atoms with Crippen LogP contribution in [0.5, 0.6) is 0 Å². The lowest BCUT2D eigenvalue weighted by molar-refractivity contribution is 0.276. The molecule has 5 nitrogen and oxygen atoms in total. The van der Waals surface area contributed by atoms with Crippen LogP contribution in [0, 0.1) is 5.82 Å². The summed E-state index contributed by atoms with van der Waals surface area (Å²) in [5.74, 6) is -0.0331. The molecule has 0 saturated heterocycles. The Morgan fingerprint density at radius 1 is 1.20 bits per heavy atom. The molecular weight excluding hydrogens is 259 g/mol. The highest BCUT2D eigenvalue weighted by Crippen LogP contribution is 2.17. The van der Waals surface area contributed by atoms with Gasteiger partial charge in [-0.3, -0.25) is 0 Å². The maximum Gasteiger partial charge on any atom is 0.243 e. The molecule has 2 aromatic heterocycles. The Kier molecular flexibility index (Phi) is 3.30. The first-order chi connectivity index (χ1) is 9.76. The Bertz CT molecular complexity index is 714. The van der Waals surface area contributed by atoms with Crippen LogP contribution in [0.4, 0.5) is 10.3 Å². The third-order valence-corrected chi connectivity index (χ3v) is 2.98. The Morgan fingerprint density at radius 2 is 2.00 bits per heavy atom. The number of fused-ring (bicyclic) bond motifs is 1. The van der Waals surface area contributed by atoms with E-state index in [1.54, 1.807) is 6.07 Å². The van der Waals surface area contributed by atoms with Crippen molar-refractivity contribution in [1.29, 1.82) is 0 Å². The van der Waals surface area contributed by atoms with Gasteiger partial charge in [0.1, 0.15) is 5.82 Å². The van der Waals surface area contributed by atoms with E-state index >= 15 is 0 Å². The molecule has 0 aliphatic rings. The molecule has 0 saturated carbocycles. The average molecular weight is 272 g/mol. The lowest BCUT2D eigenvalue weighted by Gasteiger charge is -2.14. The number of rotatable bonds is 4. The van der Waals surface area contributed by atoms with Gasteiger partial charge in [-0.2, -0.15) is 4.98 Å². The molecule has 3 rings (SSSR count). The summed E-state index contributed by atoms with van der Waals surface area (Å²) >= 11 is 0. The van der Waals surface area contributed by atoms with E-state index in [0.717, 1.165) is 5.56 Å². The normalized spacial score (nSPS) is 12.5. The maximum absolute atomic E-state index is 13.1. The lowest BCUT2D eigenvalue weighted by atomic mass is 10.1. The number of nitrogens with one attached hydrogen (secondary N) is 1. The second-order valence-corrected chi connectivity index (χ2v) is 4.38. The highest BCUT2D eigenvalue weighted by atomic mass is 19.1. The fraction of sp³-hybridized carbons (Fsp3) is 0.143. The number of halogens is 1. The van der Waals surface area contributed by atoms with E-state index in [1.807, 2.05) is 30.3 Å². The molecule has 3 aromatic rings. The number of aromatic nitrogens is 3. The molecule has 0 amide bonds. The standard InChI is InChI=1S/C14H13FN4O/c15-11-6-7-13-17-14(18-19(13)8-11)16-12(9-20)10-4-2-1-3-5-10/h1-8,12,20H,9H2,(H,16,18). The zero-order valence-corrected chi connectivity index (χ0v) is 10.6. The topological polar surface area (TPSA) is 62.5 Å². The largest absolute Gasteiger partial charge is 0.394 e. The molecule has 0 fully saturated rings. The summed E-state index contributed by atoms with van der Waals surface area (Å²) in [5, 5.41) is 16.6. The molecule has 1 aromatic carbocycles. The molecule has 0 aliphatic heterocycles. The third kappa shape index (κ3) is 2.46. The minimum atomic E-state index is -0.379. The molecule has 0 spiro atoms. The molecular formula is C14H13FN4O. The molecule has 1 atom stereocenters. The molecule has 1 unspecified atom stereocenters. The Labute approximate surface area is 114 Å². The first-order valence-electron chi connectivity index (χ1n) is 6.20. The van der Waals surface area contributed by atoms with Crippen molar-refractivity contribution in [1.82, 2.24) is 14.6 Å². The first-order valence-corrected chi connectivity index (χ1v) is 6.20. The molecule has 0 radical (unpaired) electrons. The molecule has 0 bridgehead atoms. The van der Waals surface area contributed by atoms with Crippen LogP contribution in [0.2, 0.25) is 0 Å². The molecule has 20 heavy (non-hydrogen) atoms. The number of hydrogen-bond donors (Lipinski definition) is 2. The van der Waals surface area contributed by atoms with Crippen LogP contribution in [0.25, 0.3) is 5.65 Å². The number of pyridine rings is 1. The van der Waals surface area contributed by atoms with Gasteiger partial charge in [-0.15, -0.1) is 5.10 Å². The van der Waals surface area contributed by atoms with E-state index in [0.29, 0.717) is 11.6 Å². The van der Waals surface area contributed by atoms with Gasteiger partial charge in [0.05, 0.1) is 18.8 Å². The van der Waals surface area contributed by atoms with E-state index in [4.69, 9.17) is 0 Å². The van der Waals surface area contributed by atoms with Gasteiger partial charge >= 0.3 is 0 Å². The number of anilines is 1. The highest BCUT2D eigenvalue weighted by molar-refractivity contribution is 5.44. The number of benzene rings is 1. The van der Waals surface area contributed by atoms with Crippen molar-refractivity contribution in [2.45, 2.75) is 6.04 Å². The van der Waals surface area contributed by atoms with E-state index in [9.17, 15) is 9.50 Å². The number of aliphatic hydroxyl groups excluding tert-OH is 1. The van der Waals surface area contributed by atoms with Crippen molar-refractivity contribution < 1.29 is 9.50 Å². The fourth-order valence-corrected chi connectivity index (χ4v) is 1.99. The Balaban J connectivity index is 1.87. The van der Waals surface area contributed by atoms with Gasteiger partial charge in [-0.1, -0.05) is 30.3 Å². The summed E-state index contributed by atoms with van der Waals surface area (Å²) in [6.45, 7) is -0.0894. The van der Waals surface area contributed by atoms with Crippen molar-refractivity contribution in [3.63, 3.8) is 0 Å². The van der Waals surface area contributed by atoms with E-state index in [-0.39, 0.29) is 18.5 Å². The van der Waals surface area contributed by atoms with E-state index < -0.39 is 0 Å². The summed E-state index contributed by atoms with van der Waals surface area (Å²) in [4.78, 5) is 4.23. The quantitative estimate of drug-likeness (QED) is 0.762. The summed E-state index contributed by atoms with van der Waals surface area (Å²) < 4.78 is 14.4. The summed E-state index contributed by atoms with van der Waals surface area (Å²) in [5.41, 5.74) is 1.47. The second-order valence-electron chi connectivity index (χ2n) is 4.38. The zero-order valence-electron chi connectivity index (χ0n) is 10.6. The first kappa shape index (κ1) is 12.6. The van der Waals surface area contributed by atoms with Crippen molar-refractivity contribution in [2.24, 2.45) is 0 Å².